The SMILES string of the molecule is O=C(CNC(=O)c1cccc(F)c1)Nc1cnc(-c2ccccc2)nc1. The van der Waals surface area contributed by atoms with E-state index in [9.17, 15) is 14.0 Å². The summed E-state index contributed by atoms with van der Waals surface area (Å²) in [5.74, 6) is -0.943. The molecule has 0 saturated carbocycles. The van der Waals surface area contributed by atoms with Gasteiger partial charge >= 0.3 is 0 Å². The average Bonchev–Trinajstić information content (AvgIpc) is 2.67. The van der Waals surface area contributed by atoms with Gasteiger partial charge in [-0.25, -0.2) is 14.4 Å². The van der Waals surface area contributed by atoms with Crippen LogP contribution in [0, 0.1) is 5.82 Å². The molecule has 7 heteroatoms. The molecule has 0 radical (unpaired) electrons. The van der Waals surface area contributed by atoms with Gasteiger partial charge in [-0.15, -0.1) is 0 Å². The lowest BCUT2D eigenvalue weighted by Gasteiger charge is -2.07. The van der Waals surface area contributed by atoms with Crippen molar-refractivity contribution in [2.45, 2.75) is 0 Å². The molecule has 2 amide bonds. The van der Waals surface area contributed by atoms with E-state index in [-0.39, 0.29) is 12.1 Å². The minimum Gasteiger partial charge on any atom is -0.343 e. The first-order valence-corrected chi connectivity index (χ1v) is 7.83. The molecule has 0 aliphatic carbocycles. The molecule has 26 heavy (non-hydrogen) atoms. The van der Waals surface area contributed by atoms with Gasteiger partial charge in [-0.05, 0) is 18.2 Å². The van der Waals surface area contributed by atoms with Crippen LogP contribution in [0.3, 0.4) is 0 Å². The third-order valence-corrected chi connectivity index (χ3v) is 3.46. The fourth-order valence-corrected chi connectivity index (χ4v) is 2.23. The Bertz CT molecular complexity index is 914. The molecule has 130 valence electrons. The van der Waals surface area contributed by atoms with Gasteiger partial charge in [-0.1, -0.05) is 36.4 Å². The number of hydrogen-bond donors (Lipinski definition) is 2. The number of anilines is 1. The van der Waals surface area contributed by atoms with Gasteiger partial charge in [-0.2, -0.15) is 0 Å². The quantitative estimate of drug-likeness (QED) is 0.741. The van der Waals surface area contributed by atoms with Crippen LogP contribution in [0.25, 0.3) is 11.4 Å². The first-order chi connectivity index (χ1) is 12.6. The van der Waals surface area contributed by atoms with Crippen LogP contribution in [0.15, 0.2) is 67.0 Å². The number of halogens is 1. The summed E-state index contributed by atoms with van der Waals surface area (Å²) in [5.41, 5.74) is 1.43. The molecule has 0 atom stereocenters. The van der Waals surface area contributed by atoms with Crippen molar-refractivity contribution in [3.05, 3.63) is 78.4 Å². The number of carbonyl (C=O) groups excluding carboxylic acids is 2. The Morgan fingerprint density at radius 3 is 2.38 bits per heavy atom. The molecule has 1 heterocycles. The number of benzene rings is 2. The summed E-state index contributed by atoms with van der Waals surface area (Å²) < 4.78 is 13.1. The van der Waals surface area contributed by atoms with Gasteiger partial charge in [0.1, 0.15) is 5.82 Å². The average molecular weight is 350 g/mol. The predicted octanol–water partition coefficient (Wildman–Crippen LogP) is 2.65. The van der Waals surface area contributed by atoms with Gasteiger partial charge in [0.15, 0.2) is 5.82 Å². The molecule has 3 aromatic rings. The maximum Gasteiger partial charge on any atom is 0.251 e. The first kappa shape index (κ1) is 17.2. The number of aromatic nitrogens is 2. The first-order valence-electron chi connectivity index (χ1n) is 7.83. The van der Waals surface area contributed by atoms with Crippen LogP contribution in [0.2, 0.25) is 0 Å². The maximum absolute atomic E-state index is 13.1. The molecule has 0 aliphatic heterocycles. The summed E-state index contributed by atoms with van der Waals surface area (Å²) in [6.45, 7) is -0.254. The van der Waals surface area contributed by atoms with Crippen molar-refractivity contribution < 1.29 is 14.0 Å². The molecular formula is C19H15FN4O2. The van der Waals surface area contributed by atoms with Crippen molar-refractivity contribution in [2.75, 3.05) is 11.9 Å². The largest absolute Gasteiger partial charge is 0.343 e. The number of nitrogens with zero attached hydrogens (tertiary/aromatic N) is 2. The van der Waals surface area contributed by atoms with Crippen LogP contribution in [-0.4, -0.2) is 28.3 Å². The zero-order chi connectivity index (χ0) is 18.4. The van der Waals surface area contributed by atoms with E-state index in [1.165, 1.54) is 30.6 Å². The van der Waals surface area contributed by atoms with E-state index >= 15 is 0 Å². The monoisotopic (exact) mass is 350 g/mol. The van der Waals surface area contributed by atoms with Crippen molar-refractivity contribution in [3.8, 4) is 11.4 Å². The highest BCUT2D eigenvalue weighted by molar-refractivity contribution is 5.99. The van der Waals surface area contributed by atoms with Gasteiger partial charge in [0, 0.05) is 11.1 Å². The summed E-state index contributed by atoms with van der Waals surface area (Å²) in [7, 11) is 0. The topological polar surface area (TPSA) is 84.0 Å². The van der Waals surface area contributed by atoms with Crippen LogP contribution in [0.4, 0.5) is 10.1 Å². The molecule has 3 rings (SSSR count). The van der Waals surface area contributed by atoms with Crippen molar-refractivity contribution in [3.63, 3.8) is 0 Å². The second-order valence-electron chi connectivity index (χ2n) is 5.40. The van der Waals surface area contributed by atoms with E-state index < -0.39 is 17.6 Å². The molecule has 0 fully saturated rings. The molecule has 0 unspecified atom stereocenters. The minimum atomic E-state index is -0.532. The van der Waals surface area contributed by atoms with E-state index in [1.807, 2.05) is 30.3 Å². The summed E-state index contributed by atoms with van der Waals surface area (Å²) in [4.78, 5) is 32.2. The highest BCUT2D eigenvalue weighted by Crippen LogP contribution is 2.14. The number of carbonyl (C=O) groups is 2. The van der Waals surface area contributed by atoms with E-state index in [4.69, 9.17) is 0 Å². The zero-order valence-electron chi connectivity index (χ0n) is 13.6. The van der Waals surface area contributed by atoms with Gasteiger partial charge in [-0.3, -0.25) is 9.59 Å². The van der Waals surface area contributed by atoms with Crippen molar-refractivity contribution in [2.24, 2.45) is 0 Å². The summed E-state index contributed by atoms with van der Waals surface area (Å²) >= 11 is 0. The smallest absolute Gasteiger partial charge is 0.251 e. The predicted molar refractivity (Wildman–Crippen MR) is 94.8 cm³/mol. The van der Waals surface area contributed by atoms with E-state index in [2.05, 4.69) is 20.6 Å². The van der Waals surface area contributed by atoms with E-state index in [0.717, 1.165) is 11.6 Å². The van der Waals surface area contributed by atoms with Crippen LogP contribution < -0.4 is 10.6 Å². The van der Waals surface area contributed by atoms with Crippen molar-refractivity contribution in [1.82, 2.24) is 15.3 Å². The molecule has 0 aliphatic rings. The van der Waals surface area contributed by atoms with Crippen LogP contribution in [-0.2, 0) is 4.79 Å². The highest BCUT2D eigenvalue weighted by Gasteiger charge is 2.09. The van der Waals surface area contributed by atoms with Crippen LogP contribution in [0.1, 0.15) is 10.4 Å². The second kappa shape index (κ2) is 7.98. The fraction of sp³-hybridized carbons (Fsp3) is 0.0526. The Kier molecular flexibility index (Phi) is 5.28. The zero-order valence-corrected chi connectivity index (χ0v) is 13.6. The number of hydrogen-bond acceptors (Lipinski definition) is 4. The van der Waals surface area contributed by atoms with Gasteiger partial charge in [0.25, 0.3) is 5.91 Å². The second-order valence-corrected chi connectivity index (χ2v) is 5.40. The maximum atomic E-state index is 13.1. The summed E-state index contributed by atoms with van der Waals surface area (Å²) in [5, 5.41) is 5.01. The molecule has 2 aromatic carbocycles. The molecule has 2 N–H and O–H groups in total. The fourth-order valence-electron chi connectivity index (χ4n) is 2.23. The molecule has 6 nitrogen and oxygen atoms in total. The Morgan fingerprint density at radius 2 is 1.69 bits per heavy atom. The lowest BCUT2D eigenvalue weighted by Crippen LogP contribution is -2.32. The van der Waals surface area contributed by atoms with E-state index in [1.54, 1.807) is 0 Å². The number of amides is 2. The molecular weight excluding hydrogens is 335 g/mol. The third kappa shape index (κ3) is 4.47. The van der Waals surface area contributed by atoms with Crippen LogP contribution >= 0.6 is 0 Å². The molecule has 0 spiro atoms. The third-order valence-electron chi connectivity index (χ3n) is 3.46. The van der Waals surface area contributed by atoms with Crippen molar-refractivity contribution in [1.29, 1.82) is 0 Å². The van der Waals surface area contributed by atoms with Gasteiger partial charge in [0.05, 0.1) is 24.6 Å². The normalized spacial score (nSPS) is 10.2. The van der Waals surface area contributed by atoms with Gasteiger partial charge < -0.3 is 10.6 Å². The van der Waals surface area contributed by atoms with Gasteiger partial charge in [0.2, 0.25) is 5.91 Å². The molecule has 0 bridgehead atoms. The Balaban J connectivity index is 1.54. The molecule has 1 aromatic heterocycles. The lowest BCUT2D eigenvalue weighted by molar-refractivity contribution is -0.115. The summed E-state index contributed by atoms with van der Waals surface area (Å²) in [6.07, 6.45) is 2.98. The number of rotatable bonds is 5. The van der Waals surface area contributed by atoms with E-state index in [0.29, 0.717) is 11.5 Å². The Hall–Kier alpha value is -3.61. The van der Waals surface area contributed by atoms with Crippen molar-refractivity contribution >= 4 is 17.5 Å². The summed E-state index contributed by atoms with van der Waals surface area (Å²) in [6, 6.07) is 14.7. The van der Waals surface area contributed by atoms with Crippen LogP contribution in [0.5, 0.6) is 0 Å². The Morgan fingerprint density at radius 1 is 0.962 bits per heavy atom. The molecule has 0 saturated heterocycles. The number of nitrogens with one attached hydrogen (secondary N) is 2. The minimum absolute atomic E-state index is 0.147. The lowest BCUT2D eigenvalue weighted by atomic mass is 10.2. The highest BCUT2D eigenvalue weighted by atomic mass is 19.1. The standard InChI is InChI=1S/C19H15FN4O2/c20-15-8-4-7-14(9-15)19(26)23-12-17(25)24-16-10-21-18(22-11-16)13-5-2-1-3-6-13/h1-11H,12H2,(H,23,26)(H,24,25). The Labute approximate surface area is 149 Å².